The molecule has 0 unspecified atom stereocenters. The second-order valence-electron chi connectivity index (χ2n) is 13.9. The lowest BCUT2D eigenvalue weighted by molar-refractivity contribution is 1.63. The van der Waals surface area contributed by atoms with Crippen LogP contribution in [0.5, 0.6) is 0 Å². The normalized spacial score (nSPS) is 11.8. The maximum atomic E-state index is 2.35. The van der Waals surface area contributed by atoms with Gasteiger partial charge in [-0.05, 0) is 88.1 Å². The van der Waals surface area contributed by atoms with E-state index in [1.807, 2.05) is 11.3 Å². The number of thiophene rings is 1. The molecule has 0 amide bonds. The highest BCUT2D eigenvalue weighted by molar-refractivity contribution is 7.26. The molecule has 11 rings (SSSR count). The Balaban J connectivity index is 1.26. The molecular formula is C52H32S. The molecule has 0 radical (unpaired) electrons. The quantitative estimate of drug-likeness (QED) is 0.162. The summed E-state index contributed by atoms with van der Waals surface area (Å²) in [7, 11) is 0. The fraction of sp³-hybridized carbons (Fsp3) is 0. The molecule has 0 saturated carbocycles. The number of benzene rings is 10. The predicted octanol–water partition coefficient (Wildman–Crippen LogP) is 15.3. The topological polar surface area (TPSA) is 0 Å². The minimum Gasteiger partial charge on any atom is -0.135 e. The molecule has 53 heavy (non-hydrogen) atoms. The zero-order chi connectivity index (χ0) is 34.9. The van der Waals surface area contributed by atoms with Crippen molar-refractivity contribution < 1.29 is 0 Å². The summed E-state index contributed by atoms with van der Waals surface area (Å²) in [5.74, 6) is 0. The van der Waals surface area contributed by atoms with Crippen LogP contribution in [-0.4, -0.2) is 0 Å². The first-order valence-corrected chi connectivity index (χ1v) is 19.1. The number of rotatable bonds is 4. The van der Waals surface area contributed by atoms with Crippen molar-refractivity contribution >= 4 is 74.6 Å². The summed E-state index contributed by atoms with van der Waals surface area (Å²) in [6.07, 6.45) is 0. The lowest BCUT2D eigenvalue weighted by atomic mass is 9.82. The van der Waals surface area contributed by atoms with E-state index in [1.165, 1.54) is 108 Å². The fourth-order valence-corrected chi connectivity index (χ4v) is 9.97. The second-order valence-corrected chi connectivity index (χ2v) is 15.0. The molecule has 0 nitrogen and oxygen atoms in total. The molecular weight excluding hydrogens is 657 g/mol. The Kier molecular flexibility index (Phi) is 6.83. The maximum Gasteiger partial charge on any atom is 0.0434 e. The highest BCUT2D eigenvalue weighted by atomic mass is 32.1. The number of fused-ring (bicyclic) bond motifs is 7. The van der Waals surface area contributed by atoms with E-state index in [-0.39, 0.29) is 0 Å². The fourth-order valence-electron chi connectivity index (χ4n) is 8.74. The minimum absolute atomic E-state index is 1.22. The smallest absolute Gasteiger partial charge is 0.0434 e. The van der Waals surface area contributed by atoms with Gasteiger partial charge in [-0.15, -0.1) is 11.3 Å². The van der Waals surface area contributed by atoms with Gasteiger partial charge in [-0.2, -0.15) is 0 Å². The highest BCUT2D eigenvalue weighted by Crippen LogP contribution is 2.50. The summed E-state index contributed by atoms with van der Waals surface area (Å²) in [6.45, 7) is 0. The van der Waals surface area contributed by atoms with Crippen molar-refractivity contribution in [3.05, 3.63) is 194 Å². The molecule has 1 aromatic heterocycles. The number of hydrogen-bond donors (Lipinski definition) is 0. The number of hydrogen-bond acceptors (Lipinski definition) is 1. The first-order chi connectivity index (χ1) is 26.3. The lowest BCUT2D eigenvalue weighted by Gasteiger charge is -2.21. The van der Waals surface area contributed by atoms with E-state index in [2.05, 4.69) is 194 Å². The Hall–Kier alpha value is -6.54. The summed E-state index contributed by atoms with van der Waals surface area (Å²) in [4.78, 5) is 0. The summed E-state index contributed by atoms with van der Waals surface area (Å²) in [5, 5.41) is 12.8. The molecule has 11 aromatic rings. The average Bonchev–Trinajstić information content (AvgIpc) is 3.61. The molecule has 0 atom stereocenters. The third kappa shape index (κ3) is 4.68. The van der Waals surface area contributed by atoms with Crippen molar-refractivity contribution in [3.8, 4) is 44.5 Å². The van der Waals surface area contributed by atoms with Crippen molar-refractivity contribution in [2.45, 2.75) is 0 Å². The van der Waals surface area contributed by atoms with Crippen LogP contribution in [0, 0.1) is 0 Å². The molecule has 1 heteroatoms. The van der Waals surface area contributed by atoms with Gasteiger partial charge in [0.1, 0.15) is 0 Å². The van der Waals surface area contributed by atoms with Crippen LogP contribution in [-0.2, 0) is 0 Å². The molecule has 0 spiro atoms. The van der Waals surface area contributed by atoms with E-state index in [0.29, 0.717) is 0 Å². The Bertz CT molecular complexity index is 3210. The van der Waals surface area contributed by atoms with Crippen LogP contribution < -0.4 is 0 Å². The van der Waals surface area contributed by atoms with Gasteiger partial charge >= 0.3 is 0 Å². The van der Waals surface area contributed by atoms with Crippen LogP contribution in [0.1, 0.15) is 0 Å². The van der Waals surface area contributed by atoms with Crippen molar-refractivity contribution in [2.75, 3.05) is 0 Å². The van der Waals surface area contributed by atoms with Gasteiger partial charge in [-0.25, -0.2) is 0 Å². The molecule has 246 valence electrons. The van der Waals surface area contributed by atoms with Gasteiger partial charge in [0.25, 0.3) is 0 Å². The van der Waals surface area contributed by atoms with Crippen LogP contribution in [0.25, 0.3) is 108 Å². The summed E-state index contributed by atoms with van der Waals surface area (Å²) in [5.41, 5.74) is 10.1. The maximum absolute atomic E-state index is 2.35. The largest absolute Gasteiger partial charge is 0.135 e. The van der Waals surface area contributed by atoms with E-state index < -0.39 is 0 Å². The Morgan fingerprint density at radius 3 is 1.47 bits per heavy atom. The molecule has 0 aliphatic rings. The van der Waals surface area contributed by atoms with Gasteiger partial charge in [-0.3, -0.25) is 0 Å². The molecule has 0 aliphatic heterocycles. The standard InChI is InChI=1S/C52H32S/c1-3-17-37-33(13-1)15-9-22-38(37)35-29-31-36(32-30-35)49-42-20-5-6-21-43(42)50(41-23-10-16-34-14-2-4-18-39(34)41)47-27-11-24-44(51(47)49)46-26-12-25-45-40-19-7-8-28-48(40)53-52(45)46/h1-32H. The van der Waals surface area contributed by atoms with E-state index in [0.717, 1.165) is 0 Å². The SMILES string of the molecule is c1ccc2c(-c3ccc(-c4c5ccccc5c(-c5cccc6ccccc56)c5cccc(-c6cccc7c6sc6ccccc67)c45)cc3)cccc2c1. The van der Waals surface area contributed by atoms with Gasteiger partial charge < -0.3 is 0 Å². The molecule has 0 fully saturated rings. The molecule has 0 N–H and O–H groups in total. The Morgan fingerprint density at radius 1 is 0.264 bits per heavy atom. The highest BCUT2D eigenvalue weighted by Gasteiger charge is 2.22. The molecule has 1 heterocycles. The van der Waals surface area contributed by atoms with Gasteiger partial charge in [0.15, 0.2) is 0 Å². The van der Waals surface area contributed by atoms with Crippen LogP contribution in [0.4, 0.5) is 0 Å². The van der Waals surface area contributed by atoms with Gasteiger partial charge in [0, 0.05) is 25.7 Å². The summed E-state index contributed by atoms with van der Waals surface area (Å²) in [6, 6.07) is 71.8. The minimum atomic E-state index is 1.22. The van der Waals surface area contributed by atoms with Gasteiger partial charge in [0.05, 0.1) is 0 Å². The third-order valence-electron chi connectivity index (χ3n) is 11.1. The van der Waals surface area contributed by atoms with Crippen molar-refractivity contribution in [3.63, 3.8) is 0 Å². The average molecular weight is 689 g/mol. The van der Waals surface area contributed by atoms with Crippen molar-refractivity contribution in [2.24, 2.45) is 0 Å². The van der Waals surface area contributed by atoms with Crippen molar-refractivity contribution in [1.82, 2.24) is 0 Å². The monoisotopic (exact) mass is 688 g/mol. The van der Waals surface area contributed by atoms with E-state index in [9.17, 15) is 0 Å². The van der Waals surface area contributed by atoms with Gasteiger partial charge in [0.2, 0.25) is 0 Å². The van der Waals surface area contributed by atoms with Crippen molar-refractivity contribution in [1.29, 1.82) is 0 Å². The van der Waals surface area contributed by atoms with Crippen LogP contribution >= 0.6 is 11.3 Å². The Labute approximate surface area is 311 Å². The van der Waals surface area contributed by atoms with Crippen LogP contribution in [0.2, 0.25) is 0 Å². The zero-order valence-corrected chi connectivity index (χ0v) is 29.7. The summed E-state index contributed by atoms with van der Waals surface area (Å²) < 4.78 is 2.65. The van der Waals surface area contributed by atoms with Crippen LogP contribution in [0.15, 0.2) is 194 Å². The Morgan fingerprint density at radius 2 is 0.736 bits per heavy atom. The first kappa shape index (κ1) is 30.1. The molecule has 0 saturated heterocycles. The van der Waals surface area contributed by atoms with Crippen LogP contribution in [0.3, 0.4) is 0 Å². The molecule has 0 bridgehead atoms. The molecule has 0 aliphatic carbocycles. The summed E-state index contributed by atoms with van der Waals surface area (Å²) >= 11 is 1.90. The van der Waals surface area contributed by atoms with E-state index in [1.54, 1.807) is 0 Å². The van der Waals surface area contributed by atoms with E-state index in [4.69, 9.17) is 0 Å². The molecule has 10 aromatic carbocycles. The van der Waals surface area contributed by atoms with E-state index >= 15 is 0 Å². The third-order valence-corrected chi connectivity index (χ3v) is 12.3. The first-order valence-electron chi connectivity index (χ1n) is 18.3. The lowest BCUT2D eigenvalue weighted by Crippen LogP contribution is -1.94. The predicted molar refractivity (Wildman–Crippen MR) is 231 cm³/mol. The second kappa shape index (κ2) is 12.0. The van der Waals surface area contributed by atoms with Gasteiger partial charge in [-0.1, -0.05) is 188 Å². The zero-order valence-electron chi connectivity index (χ0n) is 28.9.